The van der Waals surface area contributed by atoms with E-state index < -0.39 is 0 Å². The summed E-state index contributed by atoms with van der Waals surface area (Å²) in [6, 6.07) is 0. The molecule has 0 spiro atoms. The molecule has 1 fully saturated rings. The van der Waals surface area contributed by atoms with E-state index in [1.54, 1.807) is 0 Å². The molecule has 0 N–H and O–H groups in total. The highest BCUT2D eigenvalue weighted by Crippen LogP contribution is 2.48. The van der Waals surface area contributed by atoms with Gasteiger partial charge in [-0.3, -0.25) is 0 Å². The van der Waals surface area contributed by atoms with Gasteiger partial charge in [-0.2, -0.15) is 0 Å². The maximum absolute atomic E-state index is 6.39. The summed E-state index contributed by atoms with van der Waals surface area (Å²) in [6.45, 7) is 7.05. The Morgan fingerprint density at radius 1 is 1.00 bits per heavy atom. The Morgan fingerprint density at radius 3 is 2.47 bits per heavy atom. The molecule has 0 aromatic rings. The van der Waals surface area contributed by atoms with Crippen LogP contribution in [-0.4, -0.2) is 7.85 Å². The van der Waals surface area contributed by atoms with Crippen LogP contribution in [-0.2, 0) is 0 Å². The largest absolute Gasteiger partial charge is 0.0808 e. The van der Waals surface area contributed by atoms with Crippen molar-refractivity contribution in [3.05, 3.63) is 24.3 Å². The van der Waals surface area contributed by atoms with E-state index in [0.717, 1.165) is 12.3 Å². The van der Waals surface area contributed by atoms with E-state index in [1.807, 2.05) is 0 Å². The summed E-state index contributed by atoms with van der Waals surface area (Å²) in [5.74, 6) is 1.42. The Morgan fingerprint density at radius 2 is 1.71 bits per heavy atom. The van der Waals surface area contributed by atoms with Gasteiger partial charge in [0.25, 0.3) is 0 Å². The number of allylic oxidation sites excluding steroid dienone is 4. The van der Waals surface area contributed by atoms with Crippen LogP contribution >= 0.6 is 0 Å². The number of fused-ring (bicyclic) bond motifs is 1. The van der Waals surface area contributed by atoms with Crippen molar-refractivity contribution in [3.63, 3.8) is 0 Å². The fraction of sp³-hybridized carbons (Fsp3) is 0.750. The molecule has 0 aromatic heterocycles. The van der Waals surface area contributed by atoms with Crippen molar-refractivity contribution in [2.75, 3.05) is 0 Å². The quantitative estimate of drug-likeness (QED) is 0.528. The molecular formula is C16H25B. The third kappa shape index (κ3) is 3.06. The minimum absolute atomic E-state index is 0.0399. The summed E-state index contributed by atoms with van der Waals surface area (Å²) in [6.07, 6.45) is 15.4. The number of rotatable bonds is 0. The zero-order chi connectivity index (χ0) is 12.5. The normalized spacial score (nSPS) is 41.1. The highest BCUT2D eigenvalue weighted by Gasteiger charge is 2.36. The lowest BCUT2D eigenvalue weighted by molar-refractivity contribution is 0.183. The second-order valence-corrected chi connectivity index (χ2v) is 6.99. The summed E-state index contributed by atoms with van der Waals surface area (Å²) in [5, 5.41) is 0.0399. The second-order valence-electron chi connectivity index (χ2n) is 6.99. The molecule has 2 radical (unpaired) electrons. The van der Waals surface area contributed by atoms with Gasteiger partial charge >= 0.3 is 0 Å². The summed E-state index contributed by atoms with van der Waals surface area (Å²) >= 11 is 0. The van der Waals surface area contributed by atoms with Crippen LogP contribution in [0.15, 0.2) is 24.3 Å². The average Bonchev–Trinajstić information content (AvgIpc) is 2.30. The van der Waals surface area contributed by atoms with E-state index in [-0.39, 0.29) is 5.31 Å². The Labute approximate surface area is 108 Å². The average molecular weight is 228 g/mol. The molecule has 0 heterocycles. The maximum atomic E-state index is 6.39. The van der Waals surface area contributed by atoms with Crippen LogP contribution in [0.5, 0.6) is 0 Å². The monoisotopic (exact) mass is 228 g/mol. The third-order valence-corrected chi connectivity index (χ3v) is 4.78. The molecule has 2 aliphatic rings. The zero-order valence-electron chi connectivity index (χ0n) is 11.6. The Balaban J connectivity index is 2.20. The van der Waals surface area contributed by atoms with Gasteiger partial charge in [-0.25, -0.2) is 0 Å². The first-order valence-electron chi connectivity index (χ1n) is 7.05. The first kappa shape index (κ1) is 13.0. The van der Waals surface area contributed by atoms with E-state index in [0.29, 0.717) is 11.3 Å². The topological polar surface area (TPSA) is 0 Å². The highest BCUT2D eigenvalue weighted by molar-refractivity contribution is 6.14. The minimum atomic E-state index is 0.0399. The van der Waals surface area contributed by atoms with Crippen LogP contribution in [0, 0.1) is 17.3 Å². The first-order chi connectivity index (χ1) is 7.91. The summed E-state index contributed by atoms with van der Waals surface area (Å²) in [4.78, 5) is 0. The third-order valence-electron chi connectivity index (χ3n) is 4.78. The zero-order valence-corrected chi connectivity index (χ0v) is 11.6. The predicted octanol–water partition coefficient (Wildman–Crippen LogP) is 4.68. The molecular weight excluding hydrogens is 203 g/mol. The van der Waals surface area contributed by atoms with Crippen molar-refractivity contribution in [1.29, 1.82) is 0 Å². The van der Waals surface area contributed by atoms with Crippen molar-refractivity contribution in [1.82, 2.24) is 0 Å². The molecule has 0 amide bonds. The van der Waals surface area contributed by atoms with Crippen molar-refractivity contribution >= 4 is 7.85 Å². The van der Waals surface area contributed by atoms with Crippen molar-refractivity contribution < 1.29 is 0 Å². The lowest BCUT2D eigenvalue weighted by Gasteiger charge is -2.38. The fourth-order valence-corrected chi connectivity index (χ4v) is 3.41. The van der Waals surface area contributed by atoms with Crippen LogP contribution in [0.1, 0.15) is 52.9 Å². The summed E-state index contributed by atoms with van der Waals surface area (Å²) < 4.78 is 0. The van der Waals surface area contributed by atoms with E-state index in [1.165, 1.54) is 25.7 Å². The SMILES string of the molecule is [B]C1(C)CCCC2C=CC=CC2C(C)(C)CC1. The maximum Gasteiger partial charge on any atom is 0.0742 e. The molecule has 1 saturated carbocycles. The molecule has 0 nitrogen and oxygen atoms in total. The number of hydrogen-bond donors (Lipinski definition) is 0. The molecule has 0 saturated heterocycles. The van der Waals surface area contributed by atoms with Gasteiger partial charge in [-0.05, 0) is 30.1 Å². The van der Waals surface area contributed by atoms with E-state index in [2.05, 4.69) is 45.1 Å². The molecule has 1 heteroatoms. The lowest BCUT2D eigenvalue weighted by Crippen LogP contribution is -2.29. The molecule has 92 valence electrons. The van der Waals surface area contributed by atoms with Gasteiger partial charge in [0.05, 0.1) is 7.85 Å². The van der Waals surface area contributed by atoms with Crippen LogP contribution in [0.2, 0.25) is 5.31 Å². The van der Waals surface area contributed by atoms with Gasteiger partial charge in [-0.15, -0.1) is 0 Å². The summed E-state index contributed by atoms with van der Waals surface area (Å²) in [7, 11) is 6.39. The predicted molar refractivity (Wildman–Crippen MR) is 76.2 cm³/mol. The van der Waals surface area contributed by atoms with E-state index in [4.69, 9.17) is 7.85 Å². The lowest BCUT2D eigenvalue weighted by atomic mass is 9.62. The molecule has 0 aromatic carbocycles. The Hall–Kier alpha value is -0.455. The van der Waals surface area contributed by atoms with Gasteiger partial charge in [0, 0.05) is 0 Å². The van der Waals surface area contributed by atoms with Crippen LogP contribution in [0.3, 0.4) is 0 Å². The molecule has 17 heavy (non-hydrogen) atoms. The van der Waals surface area contributed by atoms with Crippen molar-refractivity contribution in [2.45, 2.75) is 58.2 Å². The van der Waals surface area contributed by atoms with E-state index in [9.17, 15) is 0 Å². The Bertz CT molecular complexity index is 322. The molecule has 0 aliphatic heterocycles. The second kappa shape index (κ2) is 4.67. The first-order valence-corrected chi connectivity index (χ1v) is 7.05. The molecule has 2 aliphatic carbocycles. The molecule has 3 atom stereocenters. The van der Waals surface area contributed by atoms with Gasteiger partial charge in [-0.1, -0.05) is 69.7 Å². The van der Waals surface area contributed by atoms with Crippen LogP contribution in [0.4, 0.5) is 0 Å². The standard InChI is InChI=1S/C16H25B/c1-15(2)11-12-16(3,17)10-6-8-13-7-4-5-9-14(13)15/h4-5,7,9,13-14H,6,8,10-12H2,1-3H3. The minimum Gasteiger partial charge on any atom is -0.0808 e. The molecule has 0 bridgehead atoms. The Kier molecular flexibility index (Phi) is 3.57. The van der Waals surface area contributed by atoms with Crippen molar-refractivity contribution in [3.8, 4) is 0 Å². The molecule has 2 rings (SSSR count). The molecule has 3 unspecified atom stereocenters. The van der Waals surface area contributed by atoms with Crippen molar-refractivity contribution in [2.24, 2.45) is 17.3 Å². The highest BCUT2D eigenvalue weighted by atomic mass is 14.4. The van der Waals surface area contributed by atoms with Gasteiger partial charge < -0.3 is 0 Å². The number of hydrogen-bond acceptors (Lipinski definition) is 0. The van der Waals surface area contributed by atoms with Crippen LogP contribution in [0.25, 0.3) is 0 Å². The smallest absolute Gasteiger partial charge is 0.0742 e. The van der Waals surface area contributed by atoms with Gasteiger partial charge in [0.15, 0.2) is 0 Å². The van der Waals surface area contributed by atoms with Crippen LogP contribution < -0.4 is 0 Å². The summed E-state index contributed by atoms with van der Waals surface area (Å²) in [5.41, 5.74) is 0.372. The van der Waals surface area contributed by atoms with Gasteiger partial charge in [0.2, 0.25) is 0 Å². The fourth-order valence-electron chi connectivity index (χ4n) is 3.41. The van der Waals surface area contributed by atoms with E-state index >= 15 is 0 Å². The van der Waals surface area contributed by atoms with Gasteiger partial charge in [0.1, 0.15) is 0 Å².